The van der Waals surface area contributed by atoms with Crippen LogP contribution in [0.5, 0.6) is 0 Å². The van der Waals surface area contributed by atoms with Crippen LogP contribution < -0.4 is 5.73 Å². The van der Waals surface area contributed by atoms with Gasteiger partial charge in [-0.2, -0.15) is 0 Å². The van der Waals surface area contributed by atoms with Crippen LogP contribution in [-0.2, 0) is 6.42 Å². The maximum atomic E-state index is 5.93. The summed E-state index contributed by atoms with van der Waals surface area (Å²) in [6.45, 7) is 6.93. The van der Waals surface area contributed by atoms with E-state index in [1.807, 2.05) is 12.1 Å². The third-order valence-corrected chi connectivity index (χ3v) is 5.20. The molecular formula is C12H21NSi. The molecule has 2 heteroatoms. The molecule has 0 aromatic heterocycles. The van der Waals surface area contributed by atoms with Gasteiger partial charge >= 0.3 is 0 Å². The fourth-order valence-corrected chi connectivity index (χ4v) is 1.80. The quantitative estimate of drug-likeness (QED) is 0.583. The Labute approximate surface area is 90.1 Å². The Kier molecular flexibility index (Phi) is 3.37. The van der Waals surface area contributed by atoms with Crippen LogP contribution in [0.4, 0.5) is 5.69 Å². The largest absolute Gasteiger partial charge is 0.399 e. The highest BCUT2D eigenvalue weighted by molar-refractivity contribution is 6.12. The van der Waals surface area contributed by atoms with Crippen molar-refractivity contribution in [3.8, 4) is 0 Å². The van der Waals surface area contributed by atoms with Gasteiger partial charge in [-0.1, -0.05) is 39.0 Å². The minimum Gasteiger partial charge on any atom is -0.399 e. The van der Waals surface area contributed by atoms with E-state index in [1.54, 1.807) is 0 Å². The summed E-state index contributed by atoms with van der Waals surface area (Å²) in [5.41, 5.74) is 9.37. The highest BCUT2D eigenvalue weighted by atomic mass is 28.1. The van der Waals surface area contributed by atoms with Gasteiger partial charge in [0, 0.05) is 15.9 Å². The van der Waals surface area contributed by atoms with E-state index in [0.29, 0.717) is 5.41 Å². The Morgan fingerprint density at radius 1 is 1.29 bits per heavy atom. The van der Waals surface area contributed by atoms with E-state index in [0.717, 1.165) is 17.6 Å². The molecule has 0 bridgehead atoms. The molecule has 0 aliphatic rings. The Hall–Kier alpha value is -0.763. The van der Waals surface area contributed by atoms with Gasteiger partial charge in [-0.05, 0) is 29.0 Å². The number of benzene rings is 1. The smallest absolute Gasteiger partial charge is 0.0346 e. The van der Waals surface area contributed by atoms with Crippen molar-refractivity contribution < 1.29 is 0 Å². The highest BCUT2D eigenvalue weighted by Crippen LogP contribution is 2.32. The zero-order valence-corrected chi connectivity index (χ0v) is 11.7. The lowest BCUT2D eigenvalue weighted by atomic mass is 9.87. The predicted molar refractivity (Wildman–Crippen MR) is 67.7 cm³/mol. The number of hydrogen-bond acceptors (Lipinski definition) is 1. The van der Waals surface area contributed by atoms with Gasteiger partial charge in [-0.3, -0.25) is 0 Å². The van der Waals surface area contributed by atoms with E-state index < -0.39 is 0 Å². The number of rotatable bonds is 2. The molecule has 0 aliphatic heterocycles. The Bertz CT molecular complexity index is 301. The lowest BCUT2D eigenvalue weighted by molar-refractivity contribution is 0.379. The molecule has 2 N–H and O–H groups in total. The molecule has 1 atom stereocenters. The van der Waals surface area contributed by atoms with E-state index in [9.17, 15) is 0 Å². The molecule has 0 amide bonds. The fourth-order valence-electron chi connectivity index (χ4n) is 1.36. The van der Waals surface area contributed by atoms with Crippen LogP contribution in [0, 0.1) is 5.41 Å². The molecule has 0 fully saturated rings. The fraction of sp³-hybridized carbons (Fsp3) is 0.500. The number of nitrogen functional groups attached to an aromatic ring is 1. The van der Waals surface area contributed by atoms with Crippen LogP contribution in [0.25, 0.3) is 0 Å². The Morgan fingerprint density at radius 3 is 2.36 bits per heavy atom. The normalized spacial score (nSPS) is 14.2. The van der Waals surface area contributed by atoms with Gasteiger partial charge in [-0.15, -0.1) is 0 Å². The third kappa shape index (κ3) is 2.88. The zero-order valence-electron chi connectivity index (χ0n) is 9.67. The SMILES string of the molecule is CC(C)(C)C([SiH3])Cc1ccccc1N. The van der Waals surface area contributed by atoms with Gasteiger partial charge in [0.05, 0.1) is 0 Å². The molecule has 0 saturated heterocycles. The first kappa shape index (κ1) is 11.3. The average Bonchev–Trinajstić information content (AvgIpc) is 2.07. The van der Waals surface area contributed by atoms with Crippen molar-refractivity contribution in [2.75, 3.05) is 5.73 Å². The van der Waals surface area contributed by atoms with Crippen molar-refractivity contribution in [1.82, 2.24) is 0 Å². The van der Waals surface area contributed by atoms with Gasteiger partial charge in [0.1, 0.15) is 0 Å². The first-order chi connectivity index (χ1) is 6.41. The molecule has 1 aromatic rings. The summed E-state index contributed by atoms with van der Waals surface area (Å²) in [6, 6.07) is 8.21. The van der Waals surface area contributed by atoms with E-state index >= 15 is 0 Å². The van der Waals surface area contributed by atoms with Crippen molar-refractivity contribution in [3.63, 3.8) is 0 Å². The van der Waals surface area contributed by atoms with Crippen molar-refractivity contribution in [2.45, 2.75) is 32.7 Å². The molecule has 14 heavy (non-hydrogen) atoms. The van der Waals surface area contributed by atoms with Crippen LogP contribution in [0.15, 0.2) is 24.3 Å². The summed E-state index contributed by atoms with van der Waals surface area (Å²) in [7, 11) is 1.23. The molecule has 0 aliphatic carbocycles. The van der Waals surface area contributed by atoms with E-state index in [1.165, 1.54) is 15.8 Å². The predicted octanol–water partition coefficient (Wildman–Crippen LogP) is 2.01. The Morgan fingerprint density at radius 2 is 1.86 bits per heavy atom. The second kappa shape index (κ2) is 4.18. The molecule has 0 radical (unpaired) electrons. The van der Waals surface area contributed by atoms with E-state index in [2.05, 4.69) is 32.9 Å². The molecular weight excluding hydrogens is 186 g/mol. The number of anilines is 1. The van der Waals surface area contributed by atoms with Gasteiger partial charge < -0.3 is 5.73 Å². The van der Waals surface area contributed by atoms with Crippen LogP contribution >= 0.6 is 0 Å². The number of para-hydroxylation sites is 1. The molecule has 0 heterocycles. The highest BCUT2D eigenvalue weighted by Gasteiger charge is 2.20. The molecule has 0 saturated carbocycles. The Balaban J connectivity index is 2.75. The van der Waals surface area contributed by atoms with Crippen molar-refractivity contribution in [2.24, 2.45) is 5.41 Å². The maximum absolute atomic E-state index is 5.93. The summed E-state index contributed by atoms with van der Waals surface area (Å²) >= 11 is 0. The molecule has 1 rings (SSSR count). The van der Waals surface area contributed by atoms with Crippen molar-refractivity contribution in [3.05, 3.63) is 29.8 Å². The van der Waals surface area contributed by atoms with Gasteiger partial charge in [-0.25, -0.2) is 0 Å². The second-order valence-corrected chi connectivity index (χ2v) is 6.56. The molecule has 1 aromatic carbocycles. The summed E-state index contributed by atoms with van der Waals surface area (Å²) in [5, 5.41) is 0. The first-order valence-corrected chi connectivity index (χ1v) is 6.40. The van der Waals surface area contributed by atoms with Gasteiger partial charge in [0.15, 0.2) is 0 Å². The lowest BCUT2D eigenvalue weighted by Gasteiger charge is -2.27. The first-order valence-electron chi connectivity index (χ1n) is 5.24. The topological polar surface area (TPSA) is 26.0 Å². The summed E-state index contributed by atoms with van der Waals surface area (Å²) in [4.78, 5) is 0. The monoisotopic (exact) mass is 207 g/mol. The standard InChI is InChI=1S/C12H21NSi/c1-12(2,3)11(14)8-9-6-4-5-7-10(9)13/h4-7,11H,8,13H2,1-3,14H3. The number of hydrogen-bond donors (Lipinski definition) is 1. The van der Waals surface area contributed by atoms with E-state index in [-0.39, 0.29) is 0 Å². The van der Waals surface area contributed by atoms with Gasteiger partial charge in [0.2, 0.25) is 0 Å². The second-order valence-electron chi connectivity index (χ2n) is 5.17. The molecule has 1 unspecified atom stereocenters. The number of nitrogens with two attached hydrogens (primary N) is 1. The van der Waals surface area contributed by atoms with Crippen LogP contribution in [0.3, 0.4) is 0 Å². The van der Waals surface area contributed by atoms with Crippen LogP contribution in [0.1, 0.15) is 26.3 Å². The summed E-state index contributed by atoms with van der Waals surface area (Å²) in [5.74, 6) is 0. The molecule has 1 nitrogen and oxygen atoms in total. The van der Waals surface area contributed by atoms with Crippen molar-refractivity contribution in [1.29, 1.82) is 0 Å². The van der Waals surface area contributed by atoms with Crippen LogP contribution in [-0.4, -0.2) is 10.2 Å². The molecule has 78 valence electrons. The zero-order chi connectivity index (χ0) is 10.8. The molecule has 0 spiro atoms. The van der Waals surface area contributed by atoms with Gasteiger partial charge in [0.25, 0.3) is 0 Å². The minimum atomic E-state index is 0.411. The van der Waals surface area contributed by atoms with Crippen LogP contribution in [0.2, 0.25) is 5.54 Å². The van der Waals surface area contributed by atoms with Crippen molar-refractivity contribution >= 4 is 15.9 Å². The summed E-state index contributed by atoms with van der Waals surface area (Å²) in [6.07, 6.45) is 1.13. The summed E-state index contributed by atoms with van der Waals surface area (Å²) < 4.78 is 0. The lowest BCUT2D eigenvalue weighted by Crippen LogP contribution is -2.17. The average molecular weight is 207 g/mol. The maximum Gasteiger partial charge on any atom is 0.0346 e. The minimum absolute atomic E-state index is 0.411. The van der Waals surface area contributed by atoms with E-state index in [4.69, 9.17) is 5.73 Å². The third-order valence-electron chi connectivity index (χ3n) is 3.06.